The van der Waals surface area contributed by atoms with Crippen LogP contribution in [0, 0.1) is 5.92 Å². The van der Waals surface area contributed by atoms with Gasteiger partial charge in [-0.25, -0.2) is 9.29 Å². The molecule has 0 radical (unpaired) electrons. The average molecular weight is 247 g/mol. The van der Waals surface area contributed by atoms with Crippen molar-refractivity contribution in [2.24, 2.45) is 5.92 Å². The first kappa shape index (κ1) is 13.3. The molecule has 1 nitrogen and oxygen atoms in total. The Balaban J connectivity index is 2.59. The number of hydrogen-bond donors (Lipinski definition) is 0. The van der Waals surface area contributed by atoms with Crippen LogP contribution >= 0.6 is 0 Å². The van der Waals surface area contributed by atoms with E-state index in [0.717, 1.165) is 0 Å². The van der Waals surface area contributed by atoms with Crippen molar-refractivity contribution in [1.29, 1.82) is 0 Å². The van der Waals surface area contributed by atoms with E-state index in [9.17, 15) is 26.3 Å². The first-order valence-electron chi connectivity index (χ1n) is 4.70. The molecule has 0 N–H and O–H groups in total. The predicted molar refractivity (Wildman–Crippen MR) is 45.5 cm³/mol. The molecule has 1 aliphatic rings. The van der Waals surface area contributed by atoms with E-state index in [1.54, 1.807) is 0 Å². The molecule has 0 atom stereocenters. The number of alkyl halides is 5. The quantitative estimate of drug-likeness (QED) is 0.534. The van der Waals surface area contributed by atoms with Crippen molar-refractivity contribution in [3.8, 4) is 0 Å². The highest BCUT2D eigenvalue weighted by molar-refractivity contribution is 4.98. The van der Waals surface area contributed by atoms with Gasteiger partial charge in [0.05, 0.1) is 5.92 Å². The fraction of sp³-hybridized carbons (Fsp3) is 0.778. The molecule has 0 spiro atoms. The first-order chi connectivity index (χ1) is 7.15. The van der Waals surface area contributed by atoms with Crippen LogP contribution in [-0.4, -0.2) is 30.2 Å². The van der Waals surface area contributed by atoms with Crippen LogP contribution in [0.25, 0.3) is 0 Å². The van der Waals surface area contributed by atoms with Gasteiger partial charge < -0.3 is 0 Å². The van der Waals surface area contributed by atoms with Crippen molar-refractivity contribution in [1.82, 2.24) is 4.90 Å². The van der Waals surface area contributed by atoms with Gasteiger partial charge in [0.15, 0.2) is 5.83 Å². The van der Waals surface area contributed by atoms with Gasteiger partial charge >= 0.3 is 12.2 Å². The molecular formula is C9H11F6N. The monoisotopic (exact) mass is 247 g/mol. The number of rotatable bonds is 2. The van der Waals surface area contributed by atoms with E-state index in [1.807, 2.05) is 0 Å². The summed E-state index contributed by atoms with van der Waals surface area (Å²) >= 11 is 0. The molecule has 0 aromatic rings. The van der Waals surface area contributed by atoms with E-state index in [0.29, 0.717) is 4.90 Å². The molecule has 1 fully saturated rings. The van der Waals surface area contributed by atoms with Crippen LogP contribution in [-0.2, 0) is 0 Å². The molecule has 0 bridgehead atoms. The molecule has 1 heterocycles. The van der Waals surface area contributed by atoms with Crippen LogP contribution in [0.2, 0.25) is 0 Å². The molecule has 16 heavy (non-hydrogen) atoms. The Hall–Kier alpha value is -0.720. The van der Waals surface area contributed by atoms with Gasteiger partial charge in [-0.2, -0.15) is 22.0 Å². The largest absolute Gasteiger partial charge is 0.391 e. The SMILES string of the molecule is C=C(F)C(F)(F)N1CCC(C(F)(F)F)CC1. The van der Waals surface area contributed by atoms with Gasteiger partial charge in [0, 0.05) is 13.1 Å². The summed E-state index contributed by atoms with van der Waals surface area (Å²) in [4.78, 5) is 0.386. The molecule has 0 unspecified atom stereocenters. The second kappa shape index (κ2) is 4.27. The van der Waals surface area contributed by atoms with E-state index >= 15 is 0 Å². The number of hydrogen-bond acceptors (Lipinski definition) is 1. The van der Waals surface area contributed by atoms with Gasteiger partial charge in [0.2, 0.25) is 0 Å². The van der Waals surface area contributed by atoms with E-state index in [1.165, 1.54) is 0 Å². The summed E-state index contributed by atoms with van der Waals surface area (Å²) < 4.78 is 75.1. The minimum atomic E-state index is -4.37. The smallest absolute Gasteiger partial charge is 0.238 e. The van der Waals surface area contributed by atoms with E-state index in [-0.39, 0.29) is 0 Å². The molecule has 1 rings (SSSR count). The third-order valence-corrected chi connectivity index (χ3v) is 2.68. The number of likely N-dealkylation sites (tertiary alicyclic amines) is 1. The minimum Gasteiger partial charge on any atom is -0.238 e. The molecule has 94 valence electrons. The van der Waals surface area contributed by atoms with Crippen LogP contribution in [0.3, 0.4) is 0 Å². The highest BCUT2D eigenvalue weighted by Crippen LogP contribution is 2.38. The van der Waals surface area contributed by atoms with Crippen molar-refractivity contribution in [2.75, 3.05) is 13.1 Å². The average Bonchev–Trinajstić information content (AvgIpc) is 2.16. The Morgan fingerprint density at radius 2 is 1.50 bits per heavy atom. The molecule has 1 aliphatic heterocycles. The lowest BCUT2D eigenvalue weighted by Crippen LogP contribution is -2.48. The second-order valence-corrected chi connectivity index (χ2v) is 3.75. The van der Waals surface area contributed by atoms with Crippen molar-refractivity contribution >= 4 is 0 Å². The normalized spacial score (nSPS) is 21.1. The molecule has 0 aliphatic carbocycles. The van der Waals surface area contributed by atoms with Crippen LogP contribution in [0.5, 0.6) is 0 Å². The van der Waals surface area contributed by atoms with Gasteiger partial charge in [-0.05, 0) is 12.8 Å². The van der Waals surface area contributed by atoms with Gasteiger partial charge in [-0.15, -0.1) is 0 Å². The lowest BCUT2D eigenvalue weighted by Gasteiger charge is -2.36. The Morgan fingerprint density at radius 3 is 1.81 bits per heavy atom. The van der Waals surface area contributed by atoms with Crippen molar-refractivity contribution in [3.63, 3.8) is 0 Å². The topological polar surface area (TPSA) is 3.24 Å². The van der Waals surface area contributed by atoms with Crippen LogP contribution in [0.15, 0.2) is 12.4 Å². The minimum absolute atomic E-state index is 0.386. The number of halogens is 6. The van der Waals surface area contributed by atoms with Crippen LogP contribution < -0.4 is 0 Å². The molecule has 0 amide bonds. The van der Waals surface area contributed by atoms with Gasteiger partial charge in [0.1, 0.15) is 0 Å². The maximum Gasteiger partial charge on any atom is 0.391 e. The van der Waals surface area contributed by atoms with Gasteiger partial charge in [0.25, 0.3) is 0 Å². The maximum atomic E-state index is 13.0. The first-order valence-corrected chi connectivity index (χ1v) is 4.70. The zero-order valence-corrected chi connectivity index (χ0v) is 8.33. The molecule has 0 saturated carbocycles. The molecule has 1 saturated heterocycles. The molecular weight excluding hydrogens is 236 g/mol. The van der Waals surface area contributed by atoms with Gasteiger partial charge in [-0.1, -0.05) is 6.58 Å². The Kier molecular flexibility index (Phi) is 3.56. The van der Waals surface area contributed by atoms with E-state index in [4.69, 9.17) is 0 Å². The lowest BCUT2D eigenvalue weighted by molar-refractivity contribution is -0.203. The van der Waals surface area contributed by atoms with Gasteiger partial charge in [-0.3, -0.25) is 0 Å². The van der Waals surface area contributed by atoms with E-state index in [2.05, 4.69) is 6.58 Å². The standard InChI is InChI=1S/C9H11F6N/c1-6(10)9(14,15)16-4-2-7(3-5-16)8(11,12)13/h7H,1-5H2. The summed E-state index contributed by atoms with van der Waals surface area (Å²) in [6, 6.07) is -3.86. The number of piperidine rings is 1. The summed E-state index contributed by atoms with van der Waals surface area (Å²) in [5.41, 5.74) is 0. The Labute approximate surface area is 88.7 Å². The maximum absolute atomic E-state index is 13.0. The summed E-state index contributed by atoms with van der Waals surface area (Å²) in [5.74, 6) is -3.41. The summed E-state index contributed by atoms with van der Waals surface area (Å²) in [6.45, 7) is 1.52. The van der Waals surface area contributed by atoms with Crippen LogP contribution in [0.4, 0.5) is 26.3 Å². The summed E-state index contributed by atoms with van der Waals surface area (Å²) in [7, 11) is 0. The zero-order chi connectivity index (χ0) is 12.6. The molecule has 7 heteroatoms. The zero-order valence-electron chi connectivity index (χ0n) is 8.33. The highest BCUT2D eigenvalue weighted by atomic mass is 19.4. The third-order valence-electron chi connectivity index (χ3n) is 2.68. The fourth-order valence-corrected chi connectivity index (χ4v) is 1.66. The highest BCUT2D eigenvalue weighted by Gasteiger charge is 2.47. The molecule has 0 aromatic carbocycles. The predicted octanol–water partition coefficient (Wildman–Crippen LogP) is 3.34. The summed E-state index contributed by atoms with van der Waals surface area (Å²) in [5, 5.41) is 0. The van der Waals surface area contributed by atoms with Crippen molar-refractivity contribution in [3.05, 3.63) is 12.4 Å². The fourth-order valence-electron chi connectivity index (χ4n) is 1.66. The summed E-state index contributed by atoms with van der Waals surface area (Å²) in [6.07, 6.45) is -5.24. The number of nitrogens with zero attached hydrogens (tertiary/aromatic N) is 1. The molecule has 0 aromatic heterocycles. The third kappa shape index (κ3) is 2.69. The van der Waals surface area contributed by atoms with Crippen LogP contribution in [0.1, 0.15) is 12.8 Å². The lowest BCUT2D eigenvalue weighted by atomic mass is 9.96. The Morgan fingerprint density at radius 1 is 1.06 bits per heavy atom. The van der Waals surface area contributed by atoms with E-state index < -0.39 is 49.9 Å². The Bertz CT molecular complexity index is 264. The van der Waals surface area contributed by atoms with Crippen molar-refractivity contribution < 1.29 is 26.3 Å². The van der Waals surface area contributed by atoms with Crippen molar-refractivity contribution in [2.45, 2.75) is 25.1 Å². The second-order valence-electron chi connectivity index (χ2n) is 3.75.